The fourth-order valence-electron chi connectivity index (χ4n) is 5.35. The van der Waals surface area contributed by atoms with Crippen molar-refractivity contribution in [1.29, 1.82) is 0 Å². The number of carbonyl (C=O) groups excluding carboxylic acids is 1. The first-order chi connectivity index (χ1) is 11.6. The largest absolute Gasteiger partial charge is 0.465 e. The Balaban J connectivity index is 1.19. The van der Waals surface area contributed by atoms with Gasteiger partial charge in [0.15, 0.2) is 0 Å². The van der Waals surface area contributed by atoms with Gasteiger partial charge in [-0.2, -0.15) is 0 Å². The van der Waals surface area contributed by atoms with E-state index in [-0.39, 0.29) is 23.1 Å². The molecule has 4 rings (SSSR count). The summed E-state index contributed by atoms with van der Waals surface area (Å²) in [6, 6.07) is 0. The van der Waals surface area contributed by atoms with E-state index in [1.165, 1.54) is 12.8 Å². The first kappa shape index (κ1) is 16.8. The zero-order chi connectivity index (χ0) is 16.8. The van der Waals surface area contributed by atoms with Crippen molar-refractivity contribution >= 4 is 5.97 Å². The van der Waals surface area contributed by atoms with Gasteiger partial charge in [-0.3, -0.25) is 4.79 Å². The van der Waals surface area contributed by atoms with Gasteiger partial charge in [0.05, 0.1) is 35.9 Å². The average molecular weight is 336 g/mol. The number of epoxide rings is 2. The van der Waals surface area contributed by atoms with Crippen molar-refractivity contribution in [1.82, 2.24) is 0 Å². The van der Waals surface area contributed by atoms with Gasteiger partial charge in [0.2, 0.25) is 0 Å². The van der Waals surface area contributed by atoms with E-state index in [2.05, 4.69) is 13.8 Å². The number of rotatable bonds is 7. The van der Waals surface area contributed by atoms with Crippen molar-refractivity contribution in [2.45, 2.75) is 101 Å². The van der Waals surface area contributed by atoms with Crippen LogP contribution in [-0.2, 0) is 19.0 Å². The Morgan fingerprint density at radius 1 is 1.00 bits per heavy atom. The molecule has 2 aliphatic heterocycles. The predicted molar refractivity (Wildman–Crippen MR) is 90.7 cm³/mol. The molecule has 0 aromatic carbocycles. The van der Waals surface area contributed by atoms with E-state index in [4.69, 9.17) is 14.2 Å². The third-order valence-corrected chi connectivity index (χ3v) is 6.89. The van der Waals surface area contributed by atoms with Crippen LogP contribution in [0.1, 0.15) is 78.1 Å². The molecule has 4 nitrogen and oxygen atoms in total. The standard InChI is InChI=1S/C20H32O4/c1-3-7-19-9-5-14(11-16(19)23-19)13-22-18(21)15-6-10-20(8-4-2)17(12-15)24-20/h14-17H,3-13H2,1-2H3. The van der Waals surface area contributed by atoms with Crippen molar-refractivity contribution in [3.8, 4) is 0 Å². The maximum Gasteiger partial charge on any atom is 0.309 e. The van der Waals surface area contributed by atoms with Gasteiger partial charge in [0, 0.05) is 0 Å². The van der Waals surface area contributed by atoms with Crippen LogP contribution in [-0.4, -0.2) is 36.0 Å². The van der Waals surface area contributed by atoms with Gasteiger partial charge in [0.25, 0.3) is 0 Å². The third kappa shape index (κ3) is 3.01. The molecule has 136 valence electrons. The van der Waals surface area contributed by atoms with Gasteiger partial charge < -0.3 is 14.2 Å². The molecule has 0 N–H and O–H groups in total. The predicted octanol–water partition coefficient (Wildman–Crippen LogP) is 4.01. The molecule has 2 aliphatic carbocycles. The fraction of sp³-hybridized carbons (Fsp3) is 0.950. The number of ether oxygens (including phenoxy) is 3. The van der Waals surface area contributed by atoms with Crippen LogP contribution in [0.3, 0.4) is 0 Å². The number of hydrogen-bond donors (Lipinski definition) is 0. The van der Waals surface area contributed by atoms with Crippen LogP contribution in [0.4, 0.5) is 0 Å². The van der Waals surface area contributed by atoms with Crippen molar-refractivity contribution in [2.75, 3.05) is 6.61 Å². The van der Waals surface area contributed by atoms with Crippen LogP contribution in [0.15, 0.2) is 0 Å². The molecule has 4 heteroatoms. The Bertz CT molecular complexity index is 492. The smallest absolute Gasteiger partial charge is 0.309 e. The Kier molecular flexibility index (Phi) is 4.41. The first-order valence-corrected chi connectivity index (χ1v) is 10.1. The minimum Gasteiger partial charge on any atom is -0.465 e. The van der Waals surface area contributed by atoms with E-state index in [0.29, 0.717) is 24.7 Å². The lowest BCUT2D eigenvalue weighted by Gasteiger charge is -2.26. The summed E-state index contributed by atoms with van der Waals surface area (Å²) >= 11 is 0. The second-order valence-corrected chi connectivity index (χ2v) is 8.58. The van der Waals surface area contributed by atoms with Gasteiger partial charge in [-0.1, -0.05) is 26.7 Å². The second-order valence-electron chi connectivity index (χ2n) is 8.58. The van der Waals surface area contributed by atoms with Crippen LogP contribution in [0.5, 0.6) is 0 Å². The lowest BCUT2D eigenvalue weighted by molar-refractivity contribution is -0.151. The van der Waals surface area contributed by atoms with Crippen molar-refractivity contribution in [3.63, 3.8) is 0 Å². The molecule has 4 aliphatic rings. The molecule has 0 radical (unpaired) electrons. The molecule has 6 atom stereocenters. The molecule has 0 aromatic heterocycles. The summed E-state index contributed by atoms with van der Waals surface area (Å²) in [5.41, 5.74) is 0.325. The molecule has 0 spiro atoms. The maximum absolute atomic E-state index is 12.4. The molecule has 0 aromatic rings. The summed E-state index contributed by atoms with van der Waals surface area (Å²) in [4.78, 5) is 12.4. The number of fused-ring (bicyclic) bond motifs is 2. The minimum atomic E-state index is 0.0118. The van der Waals surface area contributed by atoms with Crippen molar-refractivity contribution in [3.05, 3.63) is 0 Å². The van der Waals surface area contributed by atoms with Crippen LogP contribution >= 0.6 is 0 Å². The van der Waals surface area contributed by atoms with Gasteiger partial charge in [-0.15, -0.1) is 0 Å². The lowest BCUT2D eigenvalue weighted by atomic mass is 9.79. The number of carbonyl (C=O) groups is 1. The van der Waals surface area contributed by atoms with E-state index < -0.39 is 0 Å². The molecule has 24 heavy (non-hydrogen) atoms. The van der Waals surface area contributed by atoms with E-state index >= 15 is 0 Å². The van der Waals surface area contributed by atoms with Crippen molar-refractivity contribution in [2.24, 2.45) is 11.8 Å². The third-order valence-electron chi connectivity index (χ3n) is 6.89. The monoisotopic (exact) mass is 336 g/mol. The summed E-state index contributed by atoms with van der Waals surface area (Å²) in [6.45, 7) is 5.02. The first-order valence-electron chi connectivity index (χ1n) is 10.1. The Labute approximate surface area is 145 Å². The van der Waals surface area contributed by atoms with E-state index in [1.807, 2.05) is 0 Å². The zero-order valence-corrected chi connectivity index (χ0v) is 15.2. The number of hydrogen-bond acceptors (Lipinski definition) is 4. The van der Waals surface area contributed by atoms with Crippen LogP contribution in [0, 0.1) is 11.8 Å². The highest BCUT2D eigenvalue weighted by Gasteiger charge is 2.59. The van der Waals surface area contributed by atoms with E-state index in [1.54, 1.807) is 0 Å². The molecule has 0 bridgehead atoms. The summed E-state index contributed by atoms with van der Waals surface area (Å²) < 4.78 is 17.6. The summed E-state index contributed by atoms with van der Waals surface area (Å²) in [5.74, 6) is 0.562. The van der Waals surface area contributed by atoms with Crippen LogP contribution in [0.25, 0.3) is 0 Å². The van der Waals surface area contributed by atoms with Crippen molar-refractivity contribution < 1.29 is 19.0 Å². The van der Waals surface area contributed by atoms with E-state index in [0.717, 1.165) is 51.4 Å². The molecule has 2 saturated carbocycles. The molecule has 0 amide bonds. The highest BCUT2D eigenvalue weighted by atomic mass is 16.6. The molecule has 2 heterocycles. The van der Waals surface area contributed by atoms with Gasteiger partial charge in [-0.25, -0.2) is 0 Å². The topological polar surface area (TPSA) is 51.4 Å². The Morgan fingerprint density at radius 2 is 1.62 bits per heavy atom. The quantitative estimate of drug-likeness (QED) is 0.521. The average Bonchev–Trinajstić information content (AvgIpc) is 3.45. The summed E-state index contributed by atoms with van der Waals surface area (Å²) in [7, 11) is 0. The summed E-state index contributed by atoms with van der Waals surface area (Å²) in [6.07, 6.45) is 11.6. The molecular formula is C20H32O4. The Hall–Kier alpha value is -0.610. The summed E-state index contributed by atoms with van der Waals surface area (Å²) in [5, 5.41) is 0. The zero-order valence-electron chi connectivity index (χ0n) is 15.2. The van der Waals surface area contributed by atoms with Gasteiger partial charge in [-0.05, 0) is 57.3 Å². The lowest BCUT2D eigenvalue weighted by Crippen LogP contribution is -2.31. The van der Waals surface area contributed by atoms with Crippen LogP contribution < -0.4 is 0 Å². The minimum absolute atomic E-state index is 0.0118. The molecule has 2 saturated heterocycles. The van der Waals surface area contributed by atoms with Gasteiger partial charge >= 0.3 is 5.97 Å². The SMILES string of the molecule is CCCC12CCC(COC(=O)C3CCC4(CCC)OC4C3)CC1O2. The van der Waals surface area contributed by atoms with E-state index in [9.17, 15) is 4.79 Å². The molecule has 4 fully saturated rings. The van der Waals surface area contributed by atoms with Gasteiger partial charge in [0.1, 0.15) is 0 Å². The normalized spacial score (nSPS) is 45.9. The Morgan fingerprint density at radius 3 is 2.21 bits per heavy atom. The maximum atomic E-state index is 12.4. The fourth-order valence-corrected chi connectivity index (χ4v) is 5.35. The number of esters is 1. The van der Waals surface area contributed by atoms with Crippen LogP contribution in [0.2, 0.25) is 0 Å². The highest BCUT2D eigenvalue weighted by Crippen LogP contribution is 2.53. The second kappa shape index (κ2) is 6.28. The molecular weight excluding hydrogens is 304 g/mol. The molecule has 6 unspecified atom stereocenters. The highest BCUT2D eigenvalue weighted by molar-refractivity contribution is 5.72.